The zero-order chi connectivity index (χ0) is 9.84. The average molecular weight is 254 g/mol. The van der Waals surface area contributed by atoms with Gasteiger partial charge in [0.25, 0.3) is 0 Å². The van der Waals surface area contributed by atoms with Gasteiger partial charge in [-0.3, -0.25) is 0 Å². The Bertz CT molecular complexity index is 189. The Morgan fingerprint density at radius 2 is 2.31 bits per heavy atom. The number of carboxylic acid groups (broad SMARTS) is 1. The molecule has 1 saturated heterocycles. The Kier molecular flexibility index (Phi) is 3.95. The predicted octanol–water partition coefficient (Wildman–Crippen LogP) is 0.121. The van der Waals surface area contributed by atoms with E-state index in [0.29, 0.717) is 13.1 Å². The molecule has 0 aliphatic carbocycles. The summed E-state index contributed by atoms with van der Waals surface area (Å²) in [6, 6.07) is 0. The van der Waals surface area contributed by atoms with E-state index in [2.05, 4.69) is 15.9 Å². The zero-order valence-corrected chi connectivity index (χ0v) is 8.61. The van der Waals surface area contributed by atoms with Crippen molar-refractivity contribution in [1.29, 1.82) is 0 Å². The zero-order valence-electron chi connectivity index (χ0n) is 7.02. The van der Waals surface area contributed by atoms with Gasteiger partial charge in [-0.1, -0.05) is 15.9 Å². The van der Waals surface area contributed by atoms with Crippen LogP contribution in [0.25, 0.3) is 0 Å². The van der Waals surface area contributed by atoms with Gasteiger partial charge in [-0.2, -0.15) is 0 Å². The van der Waals surface area contributed by atoms with E-state index in [1.807, 2.05) is 0 Å². The minimum atomic E-state index is -0.931. The Morgan fingerprint density at radius 1 is 1.62 bits per heavy atom. The smallest absolute Gasteiger partial charge is 0.407 e. The molecule has 76 valence electrons. The molecule has 6 heteroatoms. The first-order valence-corrected chi connectivity index (χ1v) is 4.91. The molecule has 0 spiro atoms. The minimum Gasteiger partial charge on any atom is -0.465 e. The van der Waals surface area contributed by atoms with Gasteiger partial charge >= 0.3 is 6.09 Å². The quantitative estimate of drug-likeness (QED) is 0.702. The largest absolute Gasteiger partial charge is 0.465 e. The molecule has 0 bridgehead atoms. The summed E-state index contributed by atoms with van der Waals surface area (Å²) in [4.78, 5) is 11.9. The maximum absolute atomic E-state index is 10.6. The summed E-state index contributed by atoms with van der Waals surface area (Å²) in [7, 11) is 0. The van der Waals surface area contributed by atoms with Gasteiger partial charge in [0.05, 0.1) is 30.7 Å². The second kappa shape index (κ2) is 4.78. The van der Waals surface area contributed by atoms with Crippen molar-refractivity contribution in [1.82, 2.24) is 4.90 Å². The van der Waals surface area contributed by atoms with E-state index in [0.717, 1.165) is 0 Å². The molecule has 1 aliphatic heterocycles. The average Bonchev–Trinajstić information content (AvgIpc) is 2.44. The van der Waals surface area contributed by atoms with E-state index < -0.39 is 6.09 Å². The molecule has 1 fully saturated rings. The minimum absolute atomic E-state index is 0.0233. The molecule has 0 saturated carbocycles. The number of aliphatic hydroxyl groups excluding tert-OH is 1. The summed E-state index contributed by atoms with van der Waals surface area (Å²) in [5.41, 5.74) is 0. The van der Waals surface area contributed by atoms with Gasteiger partial charge in [0.2, 0.25) is 0 Å². The standard InChI is InChI=1S/C7H12BrNO4/c8-5-3-9(7(11)12)4-6(5)13-2-1-10/h5-6,10H,1-4H2,(H,11,12). The van der Waals surface area contributed by atoms with Crippen LogP contribution in [0.5, 0.6) is 0 Å². The number of ether oxygens (including phenoxy) is 1. The Hall–Kier alpha value is -0.330. The summed E-state index contributed by atoms with van der Waals surface area (Å²) in [6.45, 7) is 1.01. The molecular formula is C7H12BrNO4. The topological polar surface area (TPSA) is 70.0 Å². The summed E-state index contributed by atoms with van der Waals surface area (Å²) in [6.07, 6.45) is -1.08. The van der Waals surface area contributed by atoms with Crippen molar-refractivity contribution in [3.05, 3.63) is 0 Å². The van der Waals surface area contributed by atoms with Crippen molar-refractivity contribution < 1.29 is 19.7 Å². The lowest BCUT2D eigenvalue weighted by Gasteiger charge is -2.13. The van der Waals surface area contributed by atoms with Gasteiger partial charge in [0.1, 0.15) is 0 Å². The van der Waals surface area contributed by atoms with Crippen molar-refractivity contribution in [3.63, 3.8) is 0 Å². The molecule has 1 heterocycles. The van der Waals surface area contributed by atoms with Gasteiger partial charge < -0.3 is 19.8 Å². The van der Waals surface area contributed by atoms with Crippen LogP contribution in [0.1, 0.15) is 0 Å². The highest BCUT2D eigenvalue weighted by molar-refractivity contribution is 9.09. The molecule has 0 aromatic carbocycles. The van der Waals surface area contributed by atoms with Gasteiger partial charge in [-0.15, -0.1) is 0 Å². The van der Waals surface area contributed by atoms with Crippen molar-refractivity contribution in [2.24, 2.45) is 0 Å². The molecule has 5 nitrogen and oxygen atoms in total. The van der Waals surface area contributed by atoms with Crippen LogP contribution < -0.4 is 0 Å². The van der Waals surface area contributed by atoms with Gasteiger partial charge in [-0.25, -0.2) is 4.79 Å². The van der Waals surface area contributed by atoms with E-state index in [1.54, 1.807) is 0 Å². The molecule has 1 amide bonds. The predicted molar refractivity (Wildman–Crippen MR) is 49.1 cm³/mol. The molecule has 13 heavy (non-hydrogen) atoms. The van der Waals surface area contributed by atoms with Gasteiger partial charge in [-0.05, 0) is 0 Å². The van der Waals surface area contributed by atoms with Crippen LogP contribution >= 0.6 is 15.9 Å². The van der Waals surface area contributed by atoms with Crippen LogP contribution in [0.2, 0.25) is 0 Å². The summed E-state index contributed by atoms with van der Waals surface area (Å²) >= 11 is 3.33. The lowest BCUT2D eigenvalue weighted by molar-refractivity contribution is 0.0372. The van der Waals surface area contributed by atoms with Crippen molar-refractivity contribution in [2.45, 2.75) is 10.9 Å². The third kappa shape index (κ3) is 2.82. The highest BCUT2D eigenvalue weighted by Gasteiger charge is 2.34. The second-order valence-corrected chi connectivity index (χ2v) is 4.01. The van der Waals surface area contributed by atoms with Crippen LogP contribution in [-0.2, 0) is 4.74 Å². The maximum Gasteiger partial charge on any atom is 0.407 e. The maximum atomic E-state index is 10.6. The Morgan fingerprint density at radius 3 is 2.77 bits per heavy atom. The summed E-state index contributed by atoms with van der Waals surface area (Å²) in [5, 5.41) is 17.2. The number of halogens is 1. The first-order chi connectivity index (χ1) is 6.15. The lowest BCUT2D eigenvalue weighted by Crippen LogP contribution is -2.28. The third-order valence-corrected chi connectivity index (χ3v) is 2.77. The van der Waals surface area contributed by atoms with E-state index in [4.69, 9.17) is 14.9 Å². The number of likely N-dealkylation sites (tertiary alicyclic amines) is 1. The molecule has 2 unspecified atom stereocenters. The fourth-order valence-electron chi connectivity index (χ4n) is 1.25. The number of aliphatic hydroxyl groups is 1. The first-order valence-electron chi connectivity index (χ1n) is 3.99. The fraction of sp³-hybridized carbons (Fsp3) is 0.857. The number of rotatable bonds is 3. The van der Waals surface area contributed by atoms with Gasteiger partial charge in [0.15, 0.2) is 0 Å². The molecular weight excluding hydrogens is 242 g/mol. The normalized spacial score (nSPS) is 28.0. The van der Waals surface area contributed by atoms with Gasteiger partial charge in [0, 0.05) is 6.54 Å². The van der Waals surface area contributed by atoms with E-state index >= 15 is 0 Å². The Balaban J connectivity index is 2.37. The summed E-state index contributed by atoms with van der Waals surface area (Å²) in [5.74, 6) is 0. The first kappa shape index (κ1) is 10.7. The van der Waals surface area contributed by atoms with Crippen molar-refractivity contribution >= 4 is 22.0 Å². The lowest BCUT2D eigenvalue weighted by atomic mass is 10.3. The molecule has 0 radical (unpaired) electrons. The number of nitrogens with zero attached hydrogens (tertiary/aromatic N) is 1. The molecule has 0 aromatic heterocycles. The SMILES string of the molecule is O=C(O)N1CC(Br)C(OCCO)C1. The molecule has 2 N–H and O–H groups in total. The van der Waals surface area contributed by atoms with Crippen LogP contribution in [0.15, 0.2) is 0 Å². The van der Waals surface area contributed by atoms with Crippen molar-refractivity contribution in [3.8, 4) is 0 Å². The second-order valence-electron chi connectivity index (χ2n) is 2.84. The van der Waals surface area contributed by atoms with E-state index in [1.165, 1.54) is 4.90 Å². The van der Waals surface area contributed by atoms with Crippen LogP contribution in [0.4, 0.5) is 4.79 Å². The van der Waals surface area contributed by atoms with Crippen LogP contribution in [0.3, 0.4) is 0 Å². The molecule has 0 aromatic rings. The summed E-state index contributed by atoms with van der Waals surface area (Å²) < 4.78 is 5.24. The molecule has 2 atom stereocenters. The number of hydrogen-bond donors (Lipinski definition) is 2. The third-order valence-electron chi connectivity index (χ3n) is 1.89. The van der Waals surface area contributed by atoms with E-state index in [9.17, 15) is 4.79 Å². The van der Waals surface area contributed by atoms with Crippen LogP contribution in [0, 0.1) is 0 Å². The highest BCUT2D eigenvalue weighted by atomic mass is 79.9. The number of amides is 1. The number of carbonyl (C=O) groups is 1. The van der Waals surface area contributed by atoms with Crippen LogP contribution in [-0.4, -0.2) is 58.4 Å². The molecule has 1 rings (SSSR count). The van der Waals surface area contributed by atoms with Crippen molar-refractivity contribution in [2.75, 3.05) is 26.3 Å². The monoisotopic (exact) mass is 253 g/mol. The number of alkyl halides is 1. The Labute approximate surface area is 84.4 Å². The molecule has 1 aliphatic rings. The highest BCUT2D eigenvalue weighted by Crippen LogP contribution is 2.20. The number of hydrogen-bond acceptors (Lipinski definition) is 3. The van der Waals surface area contributed by atoms with E-state index in [-0.39, 0.29) is 24.1 Å². The fourth-order valence-corrected chi connectivity index (χ4v) is 1.92.